The summed E-state index contributed by atoms with van der Waals surface area (Å²) >= 11 is 0. The van der Waals surface area contributed by atoms with Crippen molar-refractivity contribution in [1.82, 2.24) is 10.6 Å². The second kappa shape index (κ2) is 12.3. The van der Waals surface area contributed by atoms with Crippen LogP contribution in [0.1, 0.15) is 23.0 Å². The number of aliphatic imine (C=N–C) groups is 1. The van der Waals surface area contributed by atoms with Crippen molar-refractivity contribution in [3.05, 3.63) is 95.6 Å². The molecule has 0 radical (unpaired) electrons. The molecule has 1 heterocycles. The Morgan fingerprint density at radius 2 is 1.36 bits per heavy atom. The number of guanidine groups is 1. The number of hydrogen-bond donors (Lipinski definition) is 3. The first-order valence-electron chi connectivity index (χ1n) is 11.2. The number of rotatable bonds is 6. The molecule has 1 aliphatic heterocycles. The predicted octanol–water partition coefficient (Wildman–Crippen LogP) is 4.28. The molecule has 0 aromatic heterocycles. The van der Waals surface area contributed by atoms with Crippen LogP contribution >= 0.6 is 0 Å². The number of carbonyl (C=O) groups is 2. The fraction of sp³-hybridized carbons (Fsp3) is 0.192. The summed E-state index contributed by atoms with van der Waals surface area (Å²) in [4.78, 5) is 29.1. The van der Waals surface area contributed by atoms with E-state index in [1.165, 1.54) is 18.2 Å². The maximum absolute atomic E-state index is 12.4. The van der Waals surface area contributed by atoms with Crippen LogP contribution in [-0.2, 0) is 32.2 Å². The number of alkyl carbamates (subject to hydrolysis) is 2. The van der Waals surface area contributed by atoms with Gasteiger partial charge >= 0.3 is 12.2 Å². The van der Waals surface area contributed by atoms with Crippen LogP contribution in [-0.4, -0.2) is 36.5 Å². The lowest BCUT2D eigenvalue weighted by atomic mass is 10.1. The van der Waals surface area contributed by atoms with Gasteiger partial charge in [0.05, 0.1) is 24.5 Å². The fourth-order valence-corrected chi connectivity index (χ4v) is 3.27. The normalized spacial score (nSPS) is 13.0. The fourth-order valence-electron chi connectivity index (χ4n) is 3.27. The summed E-state index contributed by atoms with van der Waals surface area (Å²) in [5.41, 5.74) is 2.26. The van der Waals surface area contributed by atoms with Gasteiger partial charge in [-0.3, -0.25) is 10.6 Å². The number of ether oxygens (including phenoxy) is 4. The Bertz CT molecular complexity index is 1140. The van der Waals surface area contributed by atoms with Crippen LogP contribution in [0.5, 0.6) is 5.75 Å². The molecule has 10 nitrogen and oxygen atoms in total. The van der Waals surface area contributed by atoms with E-state index in [1.54, 1.807) is 0 Å². The molecule has 36 heavy (non-hydrogen) atoms. The van der Waals surface area contributed by atoms with E-state index in [-0.39, 0.29) is 24.9 Å². The van der Waals surface area contributed by atoms with Gasteiger partial charge in [-0.05, 0) is 29.3 Å². The third-order valence-electron chi connectivity index (χ3n) is 4.99. The Kier molecular flexibility index (Phi) is 8.47. The largest absolute Gasteiger partial charge is 0.507 e. The molecule has 1 saturated heterocycles. The van der Waals surface area contributed by atoms with Gasteiger partial charge in [0.1, 0.15) is 19.0 Å². The molecule has 3 aromatic carbocycles. The van der Waals surface area contributed by atoms with Crippen LogP contribution in [0, 0.1) is 0 Å². The molecule has 0 atom stereocenters. The molecule has 0 unspecified atom stereocenters. The van der Waals surface area contributed by atoms with Crippen molar-refractivity contribution in [2.45, 2.75) is 19.5 Å². The van der Waals surface area contributed by atoms with Gasteiger partial charge in [0, 0.05) is 0 Å². The Morgan fingerprint density at radius 3 is 1.89 bits per heavy atom. The SMILES string of the molecule is O=C(NC(=Nc1ccc(O)c(C2OCCO2)c1)NC(=O)OCc1ccccc1)OCc1ccccc1. The lowest BCUT2D eigenvalue weighted by Crippen LogP contribution is -2.44. The number of nitrogens with one attached hydrogen (secondary N) is 2. The van der Waals surface area contributed by atoms with Gasteiger partial charge in [-0.1, -0.05) is 60.7 Å². The first kappa shape index (κ1) is 24.7. The van der Waals surface area contributed by atoms with E-state index in [0.29, 0.717) is 24.5 Å². The molecule has 1 aliphatic rings. The smallest absolute Gasteiger partial charge is 0.414 e. The standard InChI is InChI=1S/C26H25N3O7/c30-22-12-11-20(15-21(22)23-33-13-14-34-23)27-24(28-25(31)35-16-18-7-3-1-4-8-18)29-26(32)36-17-19-9-5-2-6-10-19/h1-12,15,23,30H,13-14,16-17H2,(H2,27,28,29,31,32). The number of phenols is 1. The summed E-state index contributed by atoms with van der Waals surface area (Å²) in [6.45, 7) is 0.842. The number of carbonyl (C=O) groups excluding carboxylic acids is 2. The first-order valence-corrected chi connectivity index (χ1v) is 11.2. The van der Waals surface area contributed by atoms with Gasteiger partial charge in [-0.15, -0.1) is 0 Å². The molecular formula is C26H25N3O7. The summed E-state index contributed by atoms with van der Waals surface area (Å²) in [7, 11) is 0. The van der Waals surface area contributed by atoms with Crippen molar-refractivity contribution in [2.24, 2.45) is 4.99 Å². The van der Waals surface area contributed by atoms with Crippen molar-refractivity contribution < 1.29 is 33.6 Å². The molecule has 3 N–H and O–H groups in total. The van der Waals surface area contributed by atoms with Crippen molar-refractivity contribution in [2.75, 3.05) is 13.2 Å². The van der Waals surface area contributed by atoms with Crippen molar-refractivity contribution in [3.63, 3.8) is 0 Å². The summed E-state index contributed by atoms with van der Waals surface area (Å²) < 4.78 is 21.3. The number of hydrogen-bond acceptors (Lipinski definition) is 8. The highest BCUT2D eigenvalue weighted by Gasteiger charge is 2.22. The molecule has 0 aliphatic carbocycles. The minimum atomic E-state index is -0.831. The highest BCUT2D eigenvalue weighted by molar-refractivity contribution is 6.02. The van der Waals surface area contributed by atoms with Gasteiger partial charge in [0.25, 0.3) is 0 Å². The monoisotopic (exact) mass is 491 g/mol. The van der Waals surface area contributed by atoms with Crippen LogP contribution in [0.25, 0.3) is 0 Å². The Hall–Kier alpha value is -4.41. The first-order chi connectivity index (χ1) is 17.6. The van der Waals surface area contributed by atoms with Gasteiger partial charge in [-0.25, -0.2) is 14.6 Å². The average molecular weight is 492 g/mol. The minimum absolute atomic E-state index is 0.0259. The molecule has 0 saturated carbocycles. The zero-order valence-electron chi connectivity index (χ0n) is 19.3. The summed E-state index contributed by atoms with van der Waals surface area (Å²) in [5, 5.41) is 15.0. The van der Waals surface area contributed by atoms with Crippen LogP contribution in [0.3, 0.4) is 0 Å². The van der Waals surface area contributed by atoms with E-state index in [1.807, 2.05) is 60.7 Å². The molecule has 4 rings (SSSR count). The maximum Gasteiger partial charge on any atom is 0.414 e. The number of amides is 2. The van der Waals surface area contributed by atoms with Gasteiger partial charge in [0.2, 0.25) is 5.96 Å². The van der Waals surface area contributed by atoms with Gasteiger partial charge in [-0.2, -0.15) is 0 Å². The number of benzene rings is 3. The molecule has 0 spiro atoms. The molecule has 0 bridgehead atoms. The quantitative estimate of drug-likeness (QED) is 0.347. The lowest BCUT2D eigenvalue weighted by molar-refractivity contribution is -0.0454. The van der Waals surface area contributed by atoms with E-state index in [9.17, 15) is 14.7 Å². The average Bonchev–Trinajstić information content (AvgIpc) is 3.43. The summed E-state index contributed by atoms with van der Waals surface area (Å²) in [6, 6.07) is 22.7. The van der Waals surface area contributed by atoms with Gasteiger partial charge < -0.3 is 24.1 Å². The van der Waals surface area contributed by atoms with Crippen LogP contribution in [0.2, 0.25) is 0 Å². The van der Waals surface area contributed by atoms with Crippen molar-refractivity contribution in [3.8, 4) is 5.75 Å². The highest BCUT2D eigenvalue weighted by Crippen LogP contribution is 2.33. The third kappa shape index (κ3) is 7.29. The Labute approximate surface area is 207 Å². The third-order valence-corrected chi connectivity index (χ3v) is 4.99. The zero-order valence-corrected chi connectivity index (χ0v) is 19.3. The molecule has 186 valence electrons. The maximum atomic E-state index is 12.4. The molecule has 1 fully saturated rings. The van der Waals surface area contributed by atoms with E-state index in [2.05, 4.69) is 15.6 Å². The minimum Gasteiger partial charge on any atom is -0.507 e. The van der Waals surface area contributed by atoms with E-state index >= 15 is 0 Å². The molecule has 10 heteroatoms. The van der Waals surface area contributed by atoms with E-state index < -0.39 is 18.5 Å². The Balaban J connectivity index is 1.47. The lowest BCUT2D eigenvalue weighted by Gasteiger charge is -2.14. The van der Waals surface area contributed by atoms with Crippen molar-refractivity contribution >= 4 is 23.8 Å². The molecular weight excluding hydrogens is 466 g/mol. The highest BCUT2D eigenvalue weighted by atomic mass is 16.7. The van der Waals surface area contributed by atoms with Crippen LogP contribution in [0.4, 0.5) is 15.3 Å². The van der Waals surface area contributed by atoms with Crippen LogP contribution < -0.4 is 10.6 Å². The number of aromatic hydroxyl groups is 1. The number of nitrogens with zero attached hydrogens (tertiary/aromatic N) is 1. The van der Waals surface area contributed by atoms with Gasteiger partial charge in [0.15, 0.2) is 6.29 Å². The van der Waals surface area contributed by atoms with Crippen LogP contribution in [0.15, 0.2) is 83.9 Å². The number of phenolic OH excluding ortho intramolecular Hbond substituents is 1. The van der Waals surface area contributed by atoms with E-state index in [4.69, 9.17) is 18.9 Å². The molecule has 3 aromatic rings. The second-order valence-corrected chi connectivity index (χ2v) is 7.65. The summed E-state index contributed by atoms with van der Waals surface area (Å²) in [5.74, 6) is -0.260. The summed E-state index contributed by atoms with van der Waals surface area (Å²) in [6.07, 6.45) is -2.40. The second-order valence-electron chi connectivity index (χ2n) is 7.65. The topological polar surface area (TPSA) is 128 Å². The Morgan fingerprint density at radius 1 is 0.833 bits per heavy atom. The predicted molar refractivity (Wildman–Crippen MR) is 129 cm³/mol. The zero-order chi connectivity index (χ0) is 25.2. The van der Waals surface area contributed by atoms with E-state index in [0.717, 1.165) is 11.1 Å². The molecule has 2 amide bonds. The van der Waals surface area contributed by atoms with Crippen molar-refractivity contribution in [1.29, 1.82) is 0 Å².